The number of aryl methyl sites for hydroxylation is 1. The van der Waals surface area contributed by atoms with Crippen LogP contribution in [-0.2, 0) is 14.8 Å². The number of hydrogen-bond donors (Lipinski definition) is 1. The topological polar surface area (TPSA) is 84.9 Å². The summed E-state index contributed by atoms with van der Waals surface area (Å²) in [6, 6.07) is 10.2. The van der Waals surface area contributed by atoms with Crippen LogP contribution in [0.1, 0.15) is 18.4 Å². The van der Waals surface area contributed by atoms with Gasteiger partial charge in [-0.3, -0.25) is 9.10 Å². The maximum absolute atomic E-state index is 12.2. The van der Waals surface area contributed by atoms with Crippen molar-refractivity contribution in [1.82, 2.24) is 0 Å². The minimum absolute atomic E-state index is 0.113. The molecule has 0 saturated heterocycles. The third-order valence-corrected chi connectivity index (χ3v) is 5.70. The molecule has 0 radical (unpaired) electrons. The summed E-state index contributed by atoms with van der Waals surface area (Å²) in [5.41, 5.74) is 2.02. The number of carbonyl (C=O) groups excluding carboxylic acids is 1. The fourth-order valence-electron chi connectivity index (χ4n) is 2.89. The molecule has 7 nitrogen and oxygen atoms in total. The lowest BCUT2D eigenvalue weighted by Gasteiger charge is -2.22. The van der Waals surface area contributed by atoms with E-state index < -0.39 is 10.0 Å². The Labute approximate surface area is 169 Å². The van der Waals surface area contributed by atoms with Crippen LogP contribution >= 0.6 is 11.6 Å². The Kier molecular flexibility index (Phi) is 6.00. The summed E-state index contributed by atoms with van der Waals surface area (Å²) in [7, 11) is -3.51. The molecule has 0 spiro atoms. The molecule has 1 aliphatic rings. The van der Waals surface area contributed by atoms with Crippen molar-refractivity contribution in [1.29, 1.82) is 0 Å². The van der Waals surface area contributed by atoms with E-state index in [4.69, 9.17) is 21.1 Å². The van der Waals surface area contributed by atoms with E-state index in [0.717, 1.165) is 11.8 Å². The molecule has 0 aromatic heterocycles. The maximum atomic E-state index is 12.2. The summed E-state index contributed by atoms with van der Waals surface area (Å²) in [5, 5.41) is 3.42. The Balaban J connectivity index is 1.62. The number of rotatable bonds is 7. The van der Waals surface area contributed by atoms with E-state index in [1.807, 2.05) is 6.92 Å². The molecule has 1 amide bonds. The molecule has 1 heterocycles. The Morgan fingerprint density at radius 2 is 1.93 bits per heavy atom. The minimum atomic E-state index is -3.51. The van der Waals surface area contributed by atoms with Crippen LogP contribution in [0, 0.1) is 6.92 Å². The second-order valence-corrected chi connectivity index (χ2v) is 8.83. The van der Waals surface area contributed by atoms with Gasteiger partial charge in [0.05, 0.1) is 11.9 Å². The van der Waals surface area contributed by atoms with Crippen molar-refractivity contribution in [3.05, 3.63) is 47.0 Å². The average molecular weight is 425 g/mol. The quantitative estimate of drug-likeness (QED) is 0.734. The van der Waals surface area contributed by atoms with Crippen LogP contribution in [0.4, 0.5) is 11.4 Å². The van der Waals surface area contributed by atoms with Crippen molar-refractivity contribution < 1.29 is 22.7 Å². The zero-order chi connectivity index (χ0) is 20.3. The second-order valence-electron chi connectivity index (χ2n) is 6.48. The first kappa shape index (κ1) is 20.3. The summed E-state index contributed by atoms with van der Waals surface area (Å²) in [6.45, 7) is 2.14. The standard InChI is InChI=1S/C19H21ClN2O5S/c1-13-10-14(20)5-7-16(13)21-19(23)4-3-9-22(28(2,24)25)15-6-8-17-18(11-15)27-12-26-17/h5-8,10-11H,3-4,9,12H2,1-2H3,(H,21,23). The monoisotopic (exact) mass is 424 g/mol. The predicted octanol–water partition coefficient (Wildman–Crippen LogP) is 3.56. The second kappa shape index (κ2) is 8.28. The molecule has 28 heavy (non-hydrogen) atoms. The molecule has 0 bridgehead atoms. The van der Waals surface area contributed by atoms with Gasteiger partial charge in [0.1, 0.15) is 0 Å². The van der Waals surface area contributed by atoms with Crippen LogP contribution in [0.5, 0.6) is 11.5 Å². The number of sulfonamides is 1. The van der Waals surface area contributed by atoms with Gasteiger partial charge >= 0.3 is 0 Å². The first-order chi connectivity index (χ1) is 13.2. The van der Waals surface area contributed by atoms with Crippen LogP contribution in [0.25, 0.3) is 0 Å². The molecule has 1 N–H and O–H groups in total. The molecule has 0 unspecified atom stereocenters. The third kappa shape index (κ3) is 4.88. The number of anilines is 2. The first-order valence-corrected chi connectivity index (χ1v) is 10.9. The molecule has 0 aliphatic carbocycles. The van der Waals surface area contributed by atoms with Gasteiger partial charge < -0.3 is 14.8 Å². The van der Waals surface area contributed by atoms with Gasteiger partial charge in [0.2, 0.25) is 22.7 Å². The Morgan fingerprint density at radius 1 is 1.18 bits per heavy atom. The van der Waals surface area contributed by atoms with Crippen molar-refractivity contribution in [3.63, 3.8) is 0 Å². The summed E-state index contributed by atoms with van der Waals surface area (Å²) in [4.78, 5) is 12.2. The van der Waals surface area contributed by atoms with Crippen molar-refractivity contribution in [2.75, 3.05) is 29.2 Å². The zero-order valence-corrected chi connectivity index (χ0v) is 17.1. The van der Waals surface area contributed by atoms with Crippen LogP contribution in [0.2, 0.25) is 5.02 Å². The molecule has 9 heteroatoms. The van der Waals surface area contributed by atoms with Gasteiger partial charge in [-0.05, 0) is 49.2 Å². The smallest absolute Gasteiger partial charge is 0.232 e. The molecular weight excluding hydrogens is 404 g/mol. The molecular formula is C19H21ClN2O5S. The predicted molar refractivity (Wildman–Crippen MR) is 109 cm³/mol. The Hall–Kier alpha value is -2.45. The SMILES string of the molecule is Cc1cc(Cl)ccc1NC(=O)CCCN(c1ccc2c(c1)OCO2)S(C)(=O)=O. The summed E-state index contributed by atoms with van der Waals surface area (Å²) in [5.74, 6) is 0.890. The van der Waals surface area contributed by atoms with Gasteiger partial charge in [-0.2, -0.15) is 0 Å². The highest BCUT2D eigenvalue weighted by molar-refractivity contribution is 7.92. The number of nitrogens with zero attached hydrogens (tertiary/aromatic N) is 1. The number of nitrogens with one attached hydrogen (secondary N) is 1. The molecule has 2 aromatic carbocycles. The number of ether oxygens (including phenoxy) is 2. The number of amides is 1. The molecule has 3 rings (SSSR count). The summed E-state index contributed by atoms with van der Waals surface area (Å²) < 4.78 is 36.3. The molecule has 1 aliphatic heterocycles. The average Bonchev–Trinajstić information content (AvgIpc) is 3.07. The number of fused-ring (bicyclic) bond motifs is 1. The molecule has 150 valence electrons. The highest BCUT2D eigenvalue weighted by Crippen LogP contribution is 2.36. The minimum Gasteiger partial charge on any atom is -0.454 e. The summed E-state index contributed by atoms with van der Waals surface area (Å²) in [6.07, 6.45) is 1.67. The zero-order valence-electron chi connectivity index (χ0n) is 15.6. The van der Waals surface area contributed by atoms with E-state index in [0.29, 0.717) is 34.3 Å². The largest absolute Gasteiger partial charge is 0.454 e. The van der Waals surface area contributed by atoms with Gasteiger partial charge in [-0.15, -0.1) is 0 Å². The van der Waals surface area contributed by atoms with Crippen LogP contribution in [0.15, 0.2) is 36.4 Å². The van der Waals surface area contributed by atoms with Gasteiger partial charge in [0.15, 0.2) is 11.5 Å². The lowest BCUT2D eigenvalue weighted by atomic mass is 10.2. The van der Waals surface area contributed by atoms with Gasteiger partial charge in [0, 0.05) is 29.7 Å². The Bertz CT molecular complexity index is 994. The Morgan fingerprint density at radius 3 is 2.64 bits per heavy atom. The van der Waals surface area contributed by atoms with Crippen LogP contribution < -0.4 is 19.1 Å². The first-order valence-electron chi connectivity index (χ1n) is 8.67. The summed E-state index contributed by atoms with van der Waals surface area (Å²) >= 11 is 5.92. The highest BCUT2D eigenvalue weighted by atomic mass is 35.5. The third-order valence-electron chi connectivity index (χ3n) is 4.27. The maximum Gasteiger partial charge on any atom is 0.232 e. The van der Waals surface area contributed by atoms with Crippen molar-refractivity contribution in [3.8, 4) is 11.5 Å². The number of carbonyl (C=O) groups is 1. The van der Waals surface area contributed by atoms with Crippen molar-refractivity contribution in [2.45, 2.75) is 19.8 Å². The van der Waals surface area contributed by atoms with E-state index in [1.54, 1.807) is 36.4 Å². The van der Waals surface area contributed by atoms with Gasteiger partial charge in [-0.25, -0.2) is 8.42 Å². The highest BCUT2D eigenvalue weighted by Gasteiger charge is 2.21. The lowest BCUT2D eigenvalue weighted by molar-refractivity contribution is -0.116. The fraction of sp³-hybridized carbons (Fsp3) is 0.316. The lowest BCUT2D eigenvalue weighted by Crippen LogP contribution is -2.31. The van der Waals surface area contributed by atoms with Crippen molar-refractivity contribution in [2.24, 2.45) is 0 Å². The van der Waals surface area contributed by atoms with Crippen LogP contribution in [0.3, 0.4) is 0 Å². The number of halogens is 1. The molecule has 2 aromatic rings. The number of benzene rings is 2. The van der Waals surface area contributed by atoms with Gasteiger partial charge in [0.25, 0.3) is 0 Å². The van der Waals surface area contributed by atoms with Crippen molar-refractivity contribution >= 4 is 38.9 Å². The van der Waals surface area contributed by atoms with E-state index in [2.05, 4.69) is 5.32 Å². The molecule has 0 saturated carbocycles. The van der Waals surface area contributed by atoms with E-state index in [1.165, 1.54) is 4.31 Å². The van der Waals surface area contributed by atoms with E-state index in [9.17, 15) is 13.2 Å². The van der Waals surface area contributed by atoms with Gasteiger partial charge in [-0.1, -0.05) is 11.6 Å². The molecule has 0 fully saturated rings. The van der Waals surface area contributed by atoms with E-state index in [-0.39, 0.29) is 25.7 Å². The molecule has 0 atom stereocenters. The van der Waals surface area contributed by atoms with Crippen LogP contribution in [-0.4, -0.2) is 33.9 Å². The fourth-order valence-corrected chi connectivity index (χ4v) is 4.07. The number of hydrogen-bond acceptors (Lipinski definition) is 5. The normalized spacial score (nSPS) is 12.7. The van der Waals surface area contributed by atoms with E-state index >= 15 is 0 Å².